The summed E-state index contributed by atoms with van der Waals surface area (Å²) in [5, 5.41) is 10.8. The van der Waals surface area contributed by atoms with Gasteiger partial charge in [-0.05, 0) is 55.7 Å². The first-order chi connectivity index (χ1) is 18.9. The molecule has 39 heavy (non-hydrogen) atoms. The van der Waals surface area contributed by atoms with Crippen LogP contribution in [0.5, 0.6) is 5.88 Å². The number of halogens is 2. The highest BCUT2D eigenvalue weighted by Gasteiger charge is 2.29. The standard InChI is InChI=1S/C28H25Cl2N5O4/c29-21-5-1-8-31-27(21)39-16-18-4-2-11-34(18)24-13-23-19(12-22(24)30)26(36)20(28(37)38)15-35(23)17-6-7-25(32-14-17)33-9-3-10-33/h1,5-8,12-15,18H,2-4,9-11,16H2,(H,37,38)/t18-/m0/s1. The van der Waals surface area contributed by atoms with E-state index < -0.39 is 11.4 Å². The third kappa shape index (κ3) is 4.77. The molecule has 0 unspecified atom stereocenters. The molecule has 2 fully saturated rings. The highest BCUT2D eigenvalue weighted by Crippen LogP contribution is 2.36. The summed E-state index contributed by atoms with van der Waals surface area (Å²) in [5.41, 5.74) is 1.01. The van der Waals surface area contributed by atoms with E-state index in [0.717, 1.165) is 50.4 Å². The van der Waals surface area contributed by atoms with Crippen LogP contribution >= 0.6 is 23.2 Å². The summed E-state index contributed by atoms with van der Waals surface area (Å²) in [7, 11) is 0. The molecule has 0 saturated carbocycles. The summed E-state index contributed by atoms with van der Waals surface area (Å²) < 4.78 is 7.63. The number of carbonyl (C=O) groups is 1. The fraction of sp³-hybridized carbons (Fsp3) is 0.286. The second-order valence-electron chi connectivity index (χ2n) is 9.67. The van der Waals surface area contributed by atoms with Crippen LogP contribution in [0.2, 0.25) is 10.0 Å². The number of hydrogen-bond donors (Lipinski definition) is 1. The van der Waals surface area contributed by atoms with Gasteiger partial charge in [-0.2, -0.15) is 0 Å². The molecule has 0 amide bonds. The van der Waals surface area contributed by atoms with Gasteiger partial charge in [0.05, 0.1) is 34.2 Å². The lowest BCUT2D eigenvalue weighted by molar-refractivity contribution is 0.0695. The second kappa shape index (κ2) is 10.4. The van der Waals surface area contributed by atoms with Gasteiger partial charge in [-0.3, -0.25) is 4.79 Å². The Hall–Kier alpha value is -3.82. The van der Waals surface area contributed by atoms with Gasteiger partial charge in [-0.25, -0.2) is 14.8 Å². The minimum Gasteiger partial charge on any atom is -0.477 e. The lowest BCUT2D eigenvalue weighted by atomic mass is 10.1. The zero-order chi connectivity index (χ0) is 27.1. The molecule has 4 aromatic rings. The SMILES string of the molecule is O=C(O)c1cn(-c2ccc(N3CCC3)nc2)c2cc(N3CCC[C@H]3COc3ncccc3Cl)c(Cl)cc2c1=O. The smallest absolute Gasteiger partial charge is 0.341 e. The zero-order valence-corrected chi connectivity index (χ0v) is 22.4. The minimum absolute atomic E-state index is 0.00830. The van der Waals surface area contributed by atoms with E-state index in [4.69, 9.17) is 27.9 Å². The van der Waals surface area contributed by atoms with Crippen molar-refractivity contribution in [3.05, 3.63) is 80.8 Å². The molecule has 9 nitrogen and oxygen atoms in total. The Morgan fingerprint density at radius 3 is 2.62 bits per heavy atom. The van der Waals surface area contributed by atoms with Gasteiger partial charge >= 0.3 is 5.97 Å². The first-order valence-electron chi connectivity index (χ1n) is 12.7. The monoisotopic (exact) mass is 565 g/mol. The highest BCUT2D eigenvalue weighted by molar-refractivity contribution is 6.34. The average molecular weight is 566 g/mol. The van der Waals surface area contributed by atoms with Crippen LogP contribution in [0.15, 0.2) is 59.8 Å². The fourth-order valence-electron chi connectivity index (χ4n) is 5.15. The molecule has 200 valence electrons. The van der Waals surface area contributed by atoms with E-state index in [1.807, 2.05) is 18.2 Å². The van der Waals surface area contributed by atoms with E-state index in [-0.39, 0.29) is 17.0 Å². The minimum atomic E-state index is -1.30. The average Bonchev–Trinajstić information content (AvgIpc) is 3.36. The Labute approximate surface area is 234 Å². The quantitative estimate of drug-likeness (QED) is 0.332. The van der Waals surface area contributed by atoms with E-state index in [9.17, 15) is 14.7 Å². The Balaban J connectivity index is 1.41. The molecule has 2 aliphatic heterocycles. The molecule has 1 atom stereocenters. The molecule has 0 bridgehead atoms. The van der Waals surface area contributed by atoms with E-state index in [1.54, 1.807) is 35.2 Å². The van der Waals surface area contributed by atoms with Crippen molar-refractivity contribution >= 4 is 51.6 Å². The summed E-state index contributed by atoms with van der Waals surface area (Å²) >= 11 is 13.0. The van der Waals surface area contributed by atoms with Crippen molar-refractivity contribution in [1.29, 1.82) is 0 Å². The van der Waals surface area contributed by atoms with Crippen molar-refractivity contribution in [2.24, 2.45) is 0 Å². The summed E-state index contributed by atoms with van der Waals surface area (Å²) in [6, 6.07) is 10.7. The largest absolute Gasteiger partial charge is 0.477 e. The number of pyridine rings is 3. The van der Waals surface area contributed by atoms with Gasteiger partial charge in [-0.1, -0.05) is 23.2 Å². The number of ether oxygens (including phenoxy) is 1. The Morgan fingerprint density at radius 1 is 1.08 bits per heavy atom. The number of aromatic nitrogens is 3. The molecule has 2 saturated heterocycles. The molecular weight excluding hydrogens is 541 g/mol. The third-order valence-electron chi connectivity index (χ3n) is 7.32. The number of nitrogens with zero attached hydrogens (tertiary/aromatic N) is 5. The molecule has 0 spiro atoms. The molecule has 1 aromatic carbocycles. The van der Waals surface area contributed by atoms with Crippen LogP contribution in [-0.4, -0.2) is 57.9 Å². The molecule has 3 aromatic heterocycles. The first-order valence-corrected chi connectivity index (χ1v) is 13.5. The number of aromatic carboxylic acids is 1. The van der Waals surface area contributed by atoms with E-state index in [0.29, 0.717) is 33.7 Å². The van der Waals surface area contributed by atoms with Gasteiger partial charge in [0.25, 0.3) is 0 Å². The lowest BCUT2D eigenvalue weighted by Crippen LogP contribution is -2.37. The predicted octanol–water partition coefficient (Wildman–Crippen LogP) is 5.04. The summed E-state index contributed by atoms with van der Waals surface area (Å²) in [6.45, 7) is 3.04. The molecular formula is C28H25Cl2N5O4. The second-order valence-corrected chi connectivity index (χ2v) is 10.5. The van der Waals surface area contributed by atoms with Crippen LogP contribution in [0.3, 0.4) is 0 Å². The van der Waals surface area contributed by atoms with Crippen molar-refractivity contribution in [3.8, 4) is 11.6 Å². The van der Waals surface area contributed by atoms with Crippen molar-refractivity contribution in [3.63, 3.8) is 0 Å². The molecule has 0 aliphatic carbocycles. The summed E-state index contributed by atoms with van der Waals surface area (Å²) in [6.07, 6.45) is 7.63. The van der Waals surface area contributed by atoms with Crippen LogP contribution in [-0.2, 0) is 0 Å². The van der Waals surface area contributed by atoms with Crippen molar-refractivity contribution in [1.82, 2.24) is 14.5 Å². The fourth-order valence-corrected chi connectivity index (χ4v) is 5.60. The number of hydrogen-bond acceptors (Lipinski definition) is 7. The van der Waals surface area contributed by atoms with Crippen LogP contribution in [0.4, 0.5) is 11.5 Å². The zero-order valence-electron chi connectivity index (χ0n) is 20.9. The number of fused-ring (bicyclic) bond motifs is 1. The van der Waals surface area contributed by atoms with Gasteiger partial charge in [0, 0.05) is 37.4 Å². The number of benzene rings is 1. The van der Waals surface area contributed by atoms with Gasteiger partial charge in [0.2, 0.25) is 11.3 Å². The van der Waals surface area contributed by atoms with Gasteiger partial charge in [0.15, 0.2) is 0 Å². The molecule has 6 rings (SSSR count). The first kappa shape index (κ1) is 25.5. The van der Waals surface area contributed by atoms with E-state index >= 15 is 0 Å². The van der Waals surface area contributed by atoms with Crippen molar-refractivity contribution in [2.75, 3.05) is 36.0 Å². The number of anilines is 2. The Kier molecular flexibility index (Phi) is 6.78. The normalized spacial score (nSPS) is 16.9. The van der Waals surface area contributed by atoms with Gasteiger partial charge in [-0.15, -0.1) is 0 Å². The maximum atomic E-state index is 13.2. The predicted molar refractivity (Wildman–Crippen MR) is 151 cm³/mol. The van der Waals surface area contributed by atoms with Crippen LogP contribution in [0.25, 0.3) is 16.6 Å². The lowest BCUT2D eigenvalue weighted by Gasteiger charge is -2.32. The molecule has 0 radical (unpaired) electrons. The highest BCUT2D eigenvalue weighted by atomic mass is 35.5. The Bertz CT molecular complexity index is 1620. The number of rotatable bonds is 7. The molecule has 11 heteroatoms. The third-order valence-corrected chi connectivity index (χ3v) is 7.91. The van der Waals surface area contributed by atoms with Gasteiger partial charge < -0.3 is 24.2 Å². The van der Waals surface area contributed by atoms with Crippen LogP contribution in [0.1, 0.15) is 29.6 Å². The van der Waals surface area contributed by atoms with E-state index in [1.165, 1.54) is 6.20 Å². The van der Waals surface area contributed by atoms with Crippen LogP contribution in [0, 0.1) is 0 Å². The molecule has 1 N–H and O–H groups in total. The van der Waals surface area contributed by atoms with Crippen molar-refractivity contribution < 1.29 is 14.6 Å². The Morgan fingerprint density at radius 2 is 1.92 bits per heavy atom. The maximum absolute atomic E-state index is 13.2. The van der Waals surface area contributed by atoms with Gasteiger partial charge in [0.1, 0.15) is 23.0 Å². The number of carboxylic acid groups (broad SMARTS) is 1. The molecule has 2 aliphatic rings. The number of carboxylic acids is 1. The summed E-state index contributed by atoms with van der Waals surface area (Å²) in [5.74, 6) is -0.0590. The summed E-state index contributed by atoms with van der Waals surface area (Å²) in [4.78, 5) is 38.2. The topological polar surface area (TPSA) is 101 Å². The van der Waals surface area contributed by atoms with Crippen LogP contribution < -0.4 is 20.0 Å². The van der Waals surface area contributed by atoms with E-state index in [2.05, 4.69) is 19.8 Å². The maximum Gasteiger partial charge on any atom is 0.341 e. The molecule has 5 heterocycles. The van der Waals surface area contributed by atoms with Crippen molar-refractivity contribution in [2.45, 2.75) is 25.3 Å².